The number of anilines is 2. The van der Waals surface area contributed by atoms with Crippen molar-refractivity contribution < 1.29 is 4.79 Å². The fourth-order valence-corrected chi connectivity index (χ4v) is 2.53. The maximum atomic E-state index is 10.8. The number of carbonyl (C=O) groups is 1. The molecule has 6 heteroatoms. The van der Waals surface area contributed by atoms with Gasteiger partial charge in [-0.2, -0.15) is 0 Å². The normalized spacial score (nSPS) is 10.1. The highest BCUT2D eigenvalue weighted by molar-refractivity contribution is 9.10. The topological polar surface area (TPSA) is 67.2 Å². The lowest BCUT2D eigenvalue weighted by atomic mass is 10.2. The summed E-state index contributed by atoms with van der Waals surface area (Å²) in [4.78, 5) is 10.8. The van der Waals surface area contributed by atoms with Crippen molar-refractivity contribution >= 4 is 44.9 Å². The Hall–Kier alpha value is -1.72. The molecule has 0 atom stereocenters. The Morgan fingerprint density at radius 1 is 1.20 bits per heavy atom. The zero-order valence-electron chi connectivity index (χ0n) is 10.5. The molecule has 0 fully saturated rings. The average molecular weight is 355 g/mol. The number of benzene rings is 2. The molecule has 104 valence electrons. The molecular formula is C14H13BrClN3O. The second-order valence-electron chi connectivity index (χ2n) is 4.16. The van der Waals surface area contributed by atoms with Gasteiger partial charge >= 0.3 is 6.03 Å². The summed E-state index contributed by atoms with van der Waals surface area (Å²) in [5.74, 6) is 0. The largest absolute Gasteiger partial charge is 0.381 e. The fraction of sp³-hybridized carbons (Fsp3) is 0.0714. The van der Waals surface area contributed by atoms with Crippen LogP contribution in [0, 0.1) is 0 Å². The van der Waals surface area contributed by atoms with Crippen LogP contribution in [0.4, 0.5) is 16.2 Å². The smallest absolute Gasteiger partial charge is 0.316 e. The second-order valence-corrected chi connectivity index (χ2v) is 5.45. The van der Waals surface area contributed by atoms with Gasteiger partial charge in [0.25, 0.3) is 0 Å². The van der Waals surface area contributed by atoms with Crippen LogP contribution in [0.2, 0.25) is 5.02 Å². The molecular weight excluding hydrogens is 342 g/mol. The van der Waals surface area contributed by atoms with E-state index in [-0.39, 0.29) is 0 Å². The number of primary amides is 1. The van der Waals surface area contributed by atoms with Crippen LogP contribution in [0.25, 0.3) is 0 Å². The Morgan fingerprint density at radius 2 is 1.95 bits per heavy atom. The number of nitrogens with one attached hydrogen (secondary N) is 2. The fourth-order valence-electron chi connectivity index (χ4n) is 1.71. The Bertz CT molecular complexity index is 634. The summed E-state index contributed by atoms with van der Waals surface area (Å²) in [6.45, 7) is 0.637. The van der Waals surface area contributed by atoms with Crippen LogP contribution in [0.15, 0.2) is 46.9 Å². The minimum atomic E-state index is -0.581. The summed E-state index contributed by atoms with van der Waals surface area (Å²) >= 11 is 9.37. The van der Waals surface area contributed by atoms with Crippen LogP contribution in [0.5, 0.6) is 0 Å². The lowest BCUT2D eigenvalue weighted by Gasteiger charge is -2.10. The molecule has 0 aliphatic carbocycles. The van der Waals surface area contributed by atoms with E-state index >= 15 is 0 Å². The molecule has 2 aromatic rings. The maximum absolute atomic E-state index is 10.8. The van der Waals surface area contributed by atoms with E-state index in [1.807, 2.05) is 36.4 Å². The van der Waals surface area contributed by atoms with Crippen LogP contribution >= 0.6 is 27.5 Å². The number of halogens is 2. The Morgan fingerprint density at radius 3 is 2.65 bits per heavy atom. The lowest BCUT2D eigenvalue weighted by molar-refractivity contribution is 0.259. The first-order chi connectivity index (χ1) is 9.54. The molecule has 2 aromatic carbocycles. The first-order valence-electron chi connectivity index (χ1n) is 5.89. The Labute approximate surface area is 130 Å². The summed E-state index contributed by atoms with van der Waals surface area (Å²) < 4.78 is 0.948. The van der Waals surface area contributed by atoms with Crippen LogP contribution in [-0.4, -0.2) is 6.03 Å². The summed E-state index contributed by atoms with van der Waals surface area (Å²) in [7, 11) is 0. The van der Waals surface area contributed by atoms with E-state index in [2.05, 4.69) is 26.6 Å². The van der Waals surface area contributed by atoms with Crippen molar-refractivity contribution in [3.63, 3.8) is 0 Å². The van der Waals surface area contributed by atoms with Crippen molar-refractivity contribution in [1.29, 1.82) is 0 Å². The van der Waals surface area contributed by atoms with E-state index in [9.17, 15) is 4.79 Å². The molecule has 0 saturated heterocycles. The third-order valence-electron chi connectivity index (χ3n) is 2.63. The molecule has 0 unspecified atom stereocenters. The highest BCUT2D eigenvalue weighted by Crippen LogP contribution is 2.23. The van der Waals surface area contributed by atoms with Gasteiger partial charge in [-0.3, -0.25) is 0 Å². The van der Waals surface area contributed by atoms with Gasteiger partial charge in [0, 0.05) is 27.4 Å². The molecule has 0 saturated carbocycles. The van der Waals surface area contributed by atoms with Gasteiger partial charge in [0.05, 0.1) is 0 Å². The molecule has 4 nitrogen and oxygen atoms in total. The van der Waals surface area contributed by atoms with Crippen molar-refractivity contribution in [3.8, 4) is 0 Å². The minimum Gasteiger partial charge on any atom is -0.381 e. The molecule has 0 heterocycles. The van der Waals surface area contributed by atoms with E-state index in [1.54, 1.807) is 6.07 Å². The zero-order chi connectivity index (χ0) is 14.5. The van der Waals surface area contributed by atoms with Gasteiger partial charge in [-0.15, -0.1) is 0 Å². The number of hydrogen-bond donors (Lipinski definition) is 3. The Balaban J connectivity index is 2.05. The molecule has 0 aromatic heterocycles. The van der Waals surface area contributed by atoms with Gasteiger partial charge in [0.1, 0.15) is 0 Å². The quantitative estimate of drug-likeness (QED) is 0.770. The third-order valence-corrected chi connectivity index (χ3v) is 3.60. The molecule has 0 spiro atoms. The van der Waals surface area contributed by atoms with Crippen LogP contribution in [0.1, 0.15) is 5.56 Å². The number of nitrogens with two attached hydrogens (primary N) is 1. The predicted molar refractivity (Wildman–Crippen MR) is 86.1 cm³/mol. The first-order valence-corrected chi connectivity index (χ1v) is 7.06. The van der Waals surface area contributed by atoms with Gasteiger partial charge in [-0.1, -0.05) is 39.7 Å². The Kier molecular flexibility index (Phi) is 4.87. The number of hydrogen-bond acceptors (Lipinski definition) is 2. The van der Waals surface area contributed by atoms with Crippen LogP contribution in [0.3, 0.4) is 0 Å². The highest BCUT2D eigenvalue weighted by atomic mass is 79.9. The summed E-state index contributed by atoms with van der Waals surface area (Å²) in [5.41, 5.74) is 7.71. The average Bonchev–Trinajstić information content (AvgIpc) is 2.37. The zero-order valence-corrected chi connectivity index (χ0v) is 12.8. The van der Waals surface area contributed by atoms with Crippen molar-refractivity contribution in [3.05, 3.63) is 57.5 Å². The number of amides is 2. The summed E-state index contributed by atoms with van der Waals surface area (Å²) in [5, 5.41) is 6.49. The number of rotatable bonds is 4. The van der Waals surface area contributed by atoms with Crippen molar-refractivity contribution in [2.24, 2.45) is 5.73 Å². The summed E-state index contributed by atoms with van der Waals surface area (Å²) in [6, 6.07) is 12.4. The molecule has 2 amide bonds. The predicted octanol–water partition coefficient (Wildman–Crippen LogP) is 4.21. The van der Waals surface area contributed by atoms with E-state index in [0.717, 1.165) is 15.7 Å². The minimum absolute atomic E-state index is 0.581. The highest BCUT2D eigenvalue weighted by Gasteiger charge is 2.02. The van der Waals surface area contributed by atoms with E-state index in [0.29, 0.717) is 17.3 Å². The molecule has 0 bridgehead atoms. The SMILES string of the molecule is NC(=O)Nc1cccc(NCc2ccc(Cl)cc2Br)c1. The van der Waals surface area contributed by atoms with Gasteiger partial charge < -0.3 is 16.4 Å². The van der Waals surface area contributed by atoms with Crippen molar-refractivity contribution in [2.45, 2.75) is 6.54 Å². The van der Waals surface area contributed by atoms with Gasteiger partial charge in [0.15, 0.2) is 0 Å². The molecule has 2 rings (SSSR count). The molecule has 0 radical (unpaired) electrons. The van der Waals surface area contributed by atoms with Crippen molar-refractivity contribution in [1.82, 2.24) is 0 Å². The molecule has 0 aliphatic heterocycles. The van der Waals surface area contributed by atoms with Crippen LogP contribution < -0.4 is 16.4 Å². The van der Waals surface area contributed by atoms with E-state index in [4.69, 9.17) is 17.3 Å². The number of carbonyl (C=O) groups excluding carboxylic acids is 1. The summed E-state index contributed by atoms with van der Waals surface area (Å²) in [6.07, 6.45) is 0. The standard InChI is InChI=1S/C14H13BrClN3O/c15-13-6-10(16)5-4-9(13)8-18-11-2-1-3-12(7-11)19-14(17)20/h1-7,18H,8H2,(H3,17,19,20). The van der Waals surface area contributed by atoms with Crippen LogP contribution in [-0.2, 0) is 6.54 Å². The lowest BCUT2D eigenvalue weighted by Crippen LogP contribution is -2.19. The van der Waals surface area contributed by atoms with Gasteiger partial charge in [0.2, 0.25) is 0 Å². The monoisotopic (exact) mass is 353 g/mol. The molecule has 0 aliphatic rings. The number of urea groups is 1. The molecule has 4 N–H and O–H groups in total. The van der Waals surface area contributed by atoms with E-state index in [1.165, 1.54) is 0 Å². The third kappa shape index (κ3) is 4.15. The van der Waals surface area contributed by atoms with E-state index < -0.39 is 6.03 Å². The molecule has 20 heavy (non-hydrogen) atoms. The van der Waals surface area contributed by atoms with Crippen molar-refractivity contribution in [2.75, 3.05) is 10.6 Å². The second kappa shape index (κ2) is 6.63. The van der Waals surface area contributed by atoms with Gasteiger partial charge in [-0.05, 0) is 35.9 Å². The first kappa shape index (κ1) is 14.7. The maximum Gasteiger partial charge on any atom is 0.316 e. The van der Waals surface area contributed by atoms with Gasteiger partial charge in [-0.25, -0.2) is 4.79 Å².